The number of hydrogen-bond acceptors (Lipinski definition) is 3. The van der Waals surface area contributed by atoms with Gasteiger partial charge in [0.25, 0.3) is 5.91 Å². The van der Waals surface area contributed by atoms with Crippen LogP contribution in [0.15, 0.2) is 47.4 Å². The van der Waals surface area contributed by atoms with Crippen LogP contribution in [0.2, 0.25) is 0 Å². The van der Waals surface area contributed by atoms with Crippen molar-refractivity contribution < 1.29 is 9.00 Å². The van der Waals surface area contributed by atoms with Gasteiger partial charge in [-0.1, -0.05) is 37.3 Å². The van der Waals surface area contributed by atoms with E-state index in [1.165, 1.54) is 12.8 Å². The number of amides is 1. The quantitative estimate of drug-likeness (QED) is 0.651. The highest BCUT2D eigenvalue weighted by Gasteiger charge is 2.46. The van der Waals surface area contributed by atoms with E-state index in [1.807, 2.05) is 44.2 Å². The molecule has 5 heteroatoms. The molecule has 2 unspecified atom stereocenters. The lowest BCUT2D eigenvalue weighted by atomic mass is 9.67. The topological polar surface area (TPSA) is 58.2 Å². The fraction of sp³-hybridized carbons (Fsp3) is 0.500. The summed E-state index contributed by atoms with van der Waals surface area (Å²) in [4.78, 5) is 14.3. The summed E-state index contributed by atoms with van der Waals surface area (Å²) in [6, 6.07) is 14.0. The zero-order chi connectivity index (χ0) is 22.0. The lowest BCUT2D eigenvalue weighted by Gasteiger charge is -2.52. The van der Waals surface area contributed by atoms with Crippen molar-refractivity contribution in [2.24, 2.45) is 5.92 Å². The van der Waals surface area contributed by atoms with Crippen LogP contribution < -0.4 is 10.6 Å². The van der Waals surface area contributed by atoms with Gasteiger partial charge in [0.2, 0.25) is 0 Å². The molecule has 5 rings (SSSR count). The van der Waals surface area contributed by atoms with E-state index in [-0.39, 0.29) is 17.5 Å². The minimum Gasteiger partial charge on any atom is -0.343 e. The highest BCUT2D eigenvalue weighted by Crippen LogP contribution is 2.44. The van der Waals surface area contributed by atoms with Crippen LogP contribution in [-0.2, 0) is 10.8 Å². The maximum absolute atomic E-state index is 13.5. The molecule has 2 heterocycles. The van der Waals surface area contributed by atoms with Crippen molar-refractivity contribution in [3.05, 3.63) is 64.7 Å². The first-order valence-electron chi connectivity index (χ1n) is 11.5. The van der Waals surface area contributed by atoms with Crippen molar-refractivity contribution in [3.63, 3.8) is 0 Å². The van der Waals surface area contributed by atoms with E-state index >= 15 is 0 Å². The maximum Gasteiger partial charge on any atom is 0.252 e. The molecular formula is C26H34N2O2S. The van der Waals surface area contributed by atoms with Gasteiger partial charge in [0.1, 0.15) is 0 Å². The lowest BCUT2D eigenvalue weighted by Crippen LogP contribution is -2.62. The molecule has 3 aliphatic rings. The van der Waals surface area contributed by atoms with E-state index in [9.17, 15) is 9.00 Å². The van der Waals surface area contributed by atoms with Gasteiger partial charge in [-0.15, -0.1) is 0 Å². The third-order valence-electron chi connectivity index (χ3n) is 7.14. The Morgan fingerprint density at radius 3 is 2.32 bits per heavy atom. The van der Waals surface area contributed by atoms with Crippen LogP contribution >= 0.6 is 0 Å². The Bertz CT molecular complexity index is 928. The predicted molar refractivity (Wildman–Crippen MR) is 127 cm³/mol. The average Bonchev–Trinajstić information content (AvgIpc) is 2.79. The summed E-state index contributed by atoms with van der Waals surface area (Å²) in [5.74, 6) is 1.43. The van der Waals surface area contributed by atoms with E-state index < -0.39 is 10.8 Å². The van der Waals surface area contributed by atoms with Gasteiger partial charge in [0.05, 0.1) is 16.8 Å². The number of aryl methyl sites for hydroxylation is 2. The molecule has 1 aliphatic carbocycles. The minimum absolute atomic E-state index is 0.0110. The third kappa shape index (κ3) is 4.49. The first kappa shape index (κ1) is 22.2. The zero-order valence-corrected chi connectivity index (χ0v) is 19.7. The highest BCUT2D eigenvalue weighted by atomic mass is 32.2. The standard InChI is InChI=1S/C26H34N2O2S/c1-4-16-31(30)22-10-8-21(9-11-22)24(26-14-12-20(13-15-26)17-27-26)28-25(29)23-18(2)6-5-7-19(23)3/h5-11,20,24,27H,4,12-17H2,1-3H3,(H,28,29). The van der Waals surface area contributed by atoms with E-state index in [4.69, 9.17) is 0 Å². The molecule has 2 bridgehead atoms. The minimum atomic E-state index is -0.964. The van der Waals surface area contributed by atoms with E-state index in [0.717, 1.165) is 58.9 Å². The second-order valence-corrected chi connectivity index (χ2v) is 10.8. The Morgan fingerprint density at radius 2 is 1.77 bits per heavy atom. The van der Waals surface area contributed by atoms with E-state index in [1.54, 1.807) is 0 Å². The highest BCUT2D eigenvalue weighted by molar-refractivity contribution is 7.85. The summed E-state index contributed by atoms with van der Waals surface area (Å²) in [5.41, 5.74) is 3.74. The molecule has 166 valence electrons. The fourth-order valence-corrected chi connectivity index (χ4v) is 6.39. The normalized spacial score (nSPS) is 24.5. The van der Waals surface area contributed by atoms with E-state index in [0.29, 0.717) is 5.75 Å². The van der Waals surface area contributed by atoms with Gasteiger partial charge in [0.15, 0.2) is 0 Å². The largest absolute Gasteiger partial charge is 0.343 e. The van der Waals surface area contributed by atoms with Crippen LogP contribution in [0.3, 0.4) is 0 Å². The number of piperidine rings is 2. The summed E-state index contributed by atoms with van der Waals surface area (Å²) in [6.07, 6.45) is 5.46. The Kier molecular flexibility index (Phi) is 6.63. The van der Waals surface area contributed by atoms with Crippen molar-refractivity contribution in [2.45, 2.75) is 69.4 Å². The fourth-order valence-electron chi connectivity index (χ4n) is 5.34. The number of carbonyl (C=O) groups is 1. The average molecular weight is 439 g/mol. The molecule has 2 aliphatic heterocycles. The van der Waals surface area contributed by atoms with Crippen LogP contribution in [-0.4, -0.2) is 28.0 Å². The van der Waals surface area contributed by atoms with Crippen molar-refractivity contribution in [1.29, 1.82) is 0 Å². The molecular weight excluding hydrogens is 404 g/mol. The number of hydrogen-bond donors (Lipinski definition) is 2. The molecule has 2 aromatic rings. The van der Waals surface area contributed by atoms with Gasteiger partial charge < -0.3 is 10.6 Å². The van der Waals surface area contributed by atoms with Crippen LogP contribution in [0.25, 0.3) is 0 Å². The molecule has 3 fully saturated rings. The summed E-state index contributed by atoms with van der Waals surface area (Å²) < 4.78 is 12.4. The van der Waals surface area contributed by atoms with Crippen molar-refractivity contribution >= 4 is 16.7 Å². The first-order valence-corrected chi connectivity index (χ1v) is 12.9. The molecule has 2 saturated heterocycles. The molecule has 2 atom stereocenters. The van der Waals surface area contributed by atoms with Gasteiger partial charge in [-0.3, -0.25) is 9.00 Å². The van der Waals surface area contributed by atoms with Gasteiger partial charge in [0, 0.05) is 21.8 Å². The predicted octanol–water partition coefficient (Wildman–Crippen LogP) is 4.82. The number of fused-ring (bicyclic) bond motifs is 3. The lowest BCUT2D eigenvalue weighted by molar-refractivity contribution is 0.0675. The molecule has 2 aromatic carbocycles. The SMILES string of the molecule is CCCS(=O)c1ccc(C(NC(=O)c2c(C)cccc2C)C23CCC(CC2)CN3)cc1. The smallest absolute Gasteiger partial charge is 0.252 e. The number of rotatable bonds is 7. The van der Waals surface area contributed by atoms with Crippen molar-refractivity contribution in [3.8, 4) is 0 Å². The first-order chi connectivity index (χ1) is 14.9. The second kappa shape index (κ2) is 9.25. The molecule has 0 spiro atoms. The van der Waals surface area contributed by atoms with Crippen molar-refractivity contribution in [2.75, 3.05) is 12.3 Å². The molecule has 0 radical (unpaired) electrons. The third-order valence-corrected chi connectivity index (χ3v) is 8.72. The maximum atomic E-state index is 13.5. The molecule has 1 amide bonds. The van der Waals surface area contributed by atoms with Gasteiger partial charge in [-0.2, -0.15) is 0 Å². The molecule has 4 nitrogen and oxygen atoms in total. The molecule has 2 N–H and O–H groups in total. The summed E-state index contributed by atoms with van der Waals surface area (Å²) in [5, 5.41) is 7.21. The molecule has 31 heavy (non-hydrogen) atoms. The van der Waals surface area contributed by atoms with Crippen molar-refractivity contribution in [1.82, 2.24) is 10.6 Å². The van der Waals surface area contributed by atoms with Gasteiger partial charge in [-0.05, 0) is 87.2 Å². The van der Waals surface area contributed by atoms with Gasteiger partial charge >= 0.3 is 0 Å². The number of benzene rings is 2. The number of nitrogens with one attached hydrogen (secondary N) is 2. The second-order valence-electron chi connectivity index (χ2n) is 9.27. The van der Waals surface area contributed by atoms with Crippen LogP contribution in [0.1, 0.15) is 72.1 Å². The zero-order valence-electron chi connectivity index (χ0n) is 18.9. The Balaban J connectivity index is 1.67. The molecule has 0 aromatic heterocycles. The number of carbonyl (C=O) groups excluding carboxylic acids is 1. The molecule has 1 saturated carbocycles. The summed E-state index contributed by atoms with van der Waals surface area (Å²) in [7, 11) is -0.964. The van der Waals surface area contributed by atoms with Crippen LogP contribution in [0.5, 0.6) is 0 Å². The monoisotopic (exact) mass is 438 g/mol. The summed E-state index contributed by atoms with van der Waals surface area (Å²) in [6.45, 7) is 7.07. The van der Waals surface area contributed by atoms with Crippen LogP contribution in [0.4, 0.5) is 0 Å². The van der Waals surface area contributed by atoms with E-state index in [2.05, 4.69) is 29.7 Å². The Hall–Kier alpha value is -1.98. The Morgan fingerprint density at radius 1 is 1.13 bits per heavy atom. The summed E-state index contributed by atoms with van der Waals surface area (Å²) >= 11 is 0. The van der Waals surface area contributed by atoms with Gasteiger partial charge in [-0.25, -0.2) is 0 Å². The van der Waals surface area contributed by atoms with Crippen LogP contribution in [0, 0.1) is 19.8 Å². The Labute approximate surface area is 188 Å².